The van der Waals surface area contributed by atoms with Gasteiger partial charge in [0.05, 0.1) is 4.92 Å². The summed E-state index contributed by atoms with van der Waals surface area (Å²) in [6.45, 7) is 0. The van der Waals surface area contributed by atoms with Crippen LogP contribution in [0.3, 0.4) is 0 Å². The Labute approximate surface area is 71.8 Å². The van der Waals surface area contributed by atoms with E-state index in [2.05, 4.69) is 0 Å². The summed E-state index contributed by atoms with van der Waals surface area (Å²) in [5.41, 5.74) is -0.177. The minimum Gasteiger partial charge on any atom is -0.273 e. The lowest BCUT2D eigenvalue weighted by Crippen LogP contribution is -1.93. The topological polar surface area (TPSA) is 69.2 Å². The first-order chi connectivity index (χ1) is 5.65. The molecular weight excluding hydrogens is 183 g/mol. The monoisotopic (exact) mass is 188 g/mol. The molecule has 0 aromatic heterocycles. The summed E-state index contributed by atoms with van der Waals surface area (Å²) in [5, 5.41) is 15.4. The molecule has 1 aromatic carbocycles. The van der Waals surface area contributed by atoms with Crippen molar-refractivity contribution < 1.29 is 9.31 Å². The van der Waals surface area contributed by atoms with Crippen molar-refractivity contribution in [1.82, 2.24) is 0 Å². The predicted molar refractivity (Wildman–Crippen MR) is 43.1 cm³/mol. The van der Waals surface area contributed by atoms with Gasteiger partial charge in [-0.05, 0) is 24.1 Å². The van der Waals surface area contributed by atoms with Crippen molar-refractivity contribution in [2.24, 2.45) is 5.14 Å². The Morgan fingerprint density at radius 2 is 2.25 bits per heavy atom. The van der Waals surface area contributed by atoms with Crippen LogP contribution in [-0.4, -0.2) is 4.92 Å². The molecule has 2 N–H and O–H groups in total. The van der Waals surface area contributed by atoms with Gasteiger partial charge in [-0.1, -0.05) is 0 Å². The van der Waals surface area contributed by atoms with Crippen LogP contribution in [0.2, 0.25) is 0 Å². The smallest absolute Gasteiger partial charge is 0.273 e. The lowest BCUT2D eigenvalue weighted by molar-refractivity contribution is -0.387. The molecule has 1 rings (SSSR count). The van der Waals surface area contributed by atoms with Crippen molar-refractivity contribution in [1.29, 1.82) is 0 Å². The first-order valence-electron chi connectivity index (χ1n) is 2.96. The van der Waals surface area contributed by atoms with Crippen LogP contribution in [0.5, 0.6) is 0 Å². The van der Waals surface area contributed by atoms with Crippen LogP contribution in [0.1, 0.15) is 0 Å². The predicted octanol–water partition coefficient (Wildman–Crippen LogP) is 1.70. The molecule has 4 nitrogen and oxygen atoms in total. The van der Waals surface area contributed by atoms with E-state index in [1.54, 1.807) is 0 Å². The number of hydrogen-bond acceptors (Lipinski definition) is 4. The lowest BCUT2D eigenvalue weighted by atomic mass is 10.3. The fraction of sp³-hybridized carbons (Fsp3) is 0. The number of halogens is 1. The maximum absolute atomic E-state index is 12.5. The Morgan fingerprint density at radius 1 is 1.58 bits per heavy atom. The van der Waals surface area contributed by atoms with Crippen LogP contribution < -0.4 is 5.14 Å². The highest BCUT2D eigenvalue weighted by Gasteiger charge is 2.13. The van der Waals surface area contributed by atoms with Crippen LogP contribution in [0, 0.1) is 15.9 Å². The minimum absolute atomic E-state index is 0.125. The van der Waals surface area contributed by atoms with Crippen LogP contribution in [0.25, 0.3) is 0 Å². The molecule has 0 fully saturated rings. The van der Waals surface area contributed by atoms with Gasteiger partial charge in [0.2, 0.25) is 0 Å². The lowest BCUT2D eigenvalue weighted by Gasteiger charge is -1.97. The Morgan fingerprint density at radius 3 is 2.75 bits per heavy atom. The van der Waals surface area contributed by atoms with E-state index in [1.165, 1.54) is 0 Å². The Hall–Kier alpha value is -1.14. The molecule has 12 heavy (non-hydrogen) atoms. The summed E-state index contributed by atoms with van der Waals surface area (Å²) in [5.74, 6) is -0.534. The van der Waals surface area contributed by atoms with Crippen molar-refractivity contribution in [3.8, 4) is 0 Å². The van der Waals surface area contributed by atoms with Crippen molar-refractivity contribution in [2.75, 3.05) is 0 Å². The quantitative estimate of drug-likeness (QED) is 0.435. The fourth-order valence-corrected chi connectivity index (χ4v) is 1.18. The average Bonchev–Trinajstić information content (AvgIpc) is 2.03. The zero-order valence-corrected chi connectivity index (χ0v) is 6.68. The zero-order chi connectivity index (χ0) is 9.14. The highest BCUT2D eigenvalue weighted by Crippen LogP contribution is 2.25. The highest BCUT2D eigenvalue weighted by atomic mass is 32.2. The van der Waals surface area contributed by atoms with Gasteiger partial charge in [0.1, 0.15) is 10.7 Å². The molecule has 0 atom stereocenters. The molecule has 0 radical (unpaired) electrons. The number of nitrogens with two attached hydrogens (primary N) is 1. The van der Waals surface area contributed by atoms with Gasteiger partial charge in [-0.2, -0.15) is 0 Å². The van der Waals surface area contributed by atoms with E-state index < -0.39 is 10.7 Å². The molecule has 0 amide bonds. The van der Waals surface area contributed by atoms with E-state index in [9.17, 15) is 14.5 Å². The Balaban J connectivity index is 3.20. The molecule has 0 bridgehead atoms. The van der Waals surface area contributed by atoms with Crippen molar-refractivity contribution in [3.05, 3.63) is 34.1 Å². The van der Waals surface area contributed by atoms with E-state index in [0.717, 1.165) is 18.2 Å². The molecule has 6 heteroatoms. The summed E-state index contributed by atoms with van der Waals surface area (Å²) in [6.07, 6.45) is 0. The van der Waals surface area contributed by atoms with Gasteiger partial charge in [-0.15, -0.1) is 0 Å². The number of nitro benzene ring substituents is 1. The summed E-state index contributed by atoms with van der Waals surface area (Å²) in [7, 11) is 0. The summed E-state index contributed by atoms with van der Waals surface area (Å²) < 4.78 is 12.5. The van der Waals surface area contributed by atoms with E-state index in [1.807, 2.05) is 0 Å². The number of nitrogens with zero attached hydrogens (tertiary/aromatic N) is 1. The van der Waals surface area contributed by atoms with Crippen LogP contribution >= 0.6 is 11.9 Å². The Kier molecular flexibility index (Phi) is 2.61. The number of rotatable bonds is 2. The van der Waals surface area contributed by atoms with E-state index >= 15 is 0 Å². The largest absolute Gasteiger partial charge is 0.284 e. The number of hydrogen-bond donors (Lipinski definition) is 1. The maximum Gasteiger partial charge on any atom is 0.284 e. The molecule has 0 aliphatic heterocycles. The molecule has 0 aliphatic carbocycles. The van der Waals surface area contributed by atoms with E-state index in [-0.39, 0.29) is 10.6 Å². The first-order valence-corrected chi connectivity index (χ1v) is 3.84. The van der Waals surface area contributed by atoms with Crippen molar-refractivity contribution in [3.63, 3.8) is 0 Å². The molecule has 0 heterocycles. The number of nitro groups is 1. The number of benzene rings is 1. The third-order valence-electron chi connectivity index (χ3n) is 1.25. The molecule has 0 aliphatic rings. The van der Waals surface area contributed by atoms with Gasteiger partial charge in [-0.25, -0.2) is 4.39 Å². The zero-order valence-electron chi connectivity index (χ0n) is 5.86. The third-order valence-corrected chi connectivity index (χ3v) is 1.83. The second-order valence-electron chi connectivity index (χ2n) is 1.99. The third kappa shape index (κ3) is 1.72. The molecular formula is C6H5FN2O2S. The molecule has 64 valence electrons. The van der Waals surface area contributed by atoms with Crippen LogP contribution in [-0.2, 0) is 0 Å². The van der Waals surface area contributed by atoms with Gasteiger partial charge in [0, 0.05) is 6.07 Å². The van der Waals surface area contributed by atoms with Gasteiger partial charge in [0.15, 0.2) is 0 Å². The van der Waals surface area contributed by atoms with Crippen LogP contribution in [0.4, 0.5) is 10.1 Å². The van der Waals surface area contributed by atoms with Crippen molar-refractivity contribution >= 4 is 17.6 Å². The Bertz CT molecular complexity index is 318. The van der Waals surface area contributed by atoms with Gasteiger partial charge in [-0.3, -0.25) is 15.3 Å². The second kappa shape index (κ2) is 3.51. The SMILES string of the molecule is NSc1cc(F)ccc1[N+](=O)[O-]. The first kappa shape index (κ1) is 8.95. The molecule has 0 saturated carbocycles. The summed E-state index contributed by atoms with van der Waals surface area (Å²) >= 11 is 0.656. The van der Waals surface area contributed by atoms with Crippen LogP contribution in [0.15, 0.2) is 23.1 Å². The normalized spacial score (nSPS) is 9.83. The minimum atomic E-state index is -0.603. The molecule has 0 spiro atoms. The van der Waals surface area contributed by atoms with Crippen molar-refractivity contribution in [2.45, 2.75) is 4.90 Å². The second-order valence-corrected chi connectivity index (χ2v) is 2.66. The average molecular weight is 188 g/mol. The summed E-state index contributed by atoms with van der Waals surface area (Å²) in [6, 6.07) is 3.14. The van der Waals surface area contributed by atoms with E-state index in [4.69, 9.17) is 5.14 Å². The highest BCUT2D eigenvalue weighted by molar-refractivity contribution is 7.97. The molecule has 1 aromatic rings. The van der Waals surface area contributed by atoms with E-state index in [0.29, 0.717) is 11.9 Å². The fourth-order valence-electron chi connectivity index (χ4n) is 0.733. The molecule has 0 unspecified atom stereocenters. The van der Waals surface area contributed by atoms with Gasteiger partial charge in [0.25, 0.3) is 5.69 Å². The standard InChI is InChI=1S/C6H5FN2O2S/c7-4-1-2-5(9(10)11)6(3-4)12-8/h1-3H,8H2. The van der Waals surface area contributed by atoms with Gasteiger partial charge < -0.3 is 0 Å². The molecule has 0 saturated heterocycles. The maximum atomic E-state index is 12.5. The summed E-state index contributed by atoms with van der Waals surface area (Å²) in [4.78, 5) is 9.83. The van der Waals surface area contributed by atoms with Gasteiger partial charge >= 0.3 is 0 Å².